The summed E-state index contributed by atoms with van der Waals surface area (Å²) in [5.41, 5.74) is 3.57. The molecule has 7 heteroatoms. The summed E-state index contributed by atoms with van der Waals surface area (Å²) in [7, 11) is 3.37. The third kappa shape index (κ3) is 9.78. The number of benzene rings is 2. The number of methoxy groups -OCH3 is 2. The largest absolute Gasteiger partial charge is 0.493 e. The van der Waals surface area contributed by atoms with Gasteiger partial charge in [-0.2, -0.15) is 0 Å². The number of rotatable bonds is 12. The number of halogens is 1. The van der Waals surface area contributed by atoms with Gasteiger partial charge in [0.25, 0.3) is 0 Å². The van der Waals surface area contributed by atoms with Crippen LogP contribution in [0.3, 0.4) is 0 Å². The second-order valence-electron chi connectivity index (χ2n) is 6.90. The zero-order valence-corrected chi connectivity index (χ0v) is 21.4. The van der Waals surface area contributed by atoms with Gasteiger partial charge in [-0.15, -0.1) is 24.0 Å². The molecule has 2 N–H and O–H groups in total. The van der Waals surface area contributed by atoms with E-state index < -0.39 is 0 Å². The molecule has 31 heavy (non-hydrogen) atoms. The van der Waals surface area contributed by atoms with Crippen molar-refractivity contribution in [3.05, 3.63) is 59.2 Å². The average Bonchev–Trinajstić information content (AvgIpc) is 2.76. The van der Waals surface area contributed by atoms with Crippen molar-refractivity contribution in [2.45, 2.75) is 39.8 Å². The Balaban J connectivity index is 0.00000480. The van der Waals surface area contributed by atoms with Crippen LogP contribution in [-0.2, 0) is 24.3 Å². The van der Waals surface area contributed by atoms with Crippen LogP contribution in [0.4, 0.5) is 0 Å². The molecule has 0 saturated heterocycles. The monoisotopic (exact) mass is 541 g/mol. The number of hydrogen-bond acceptors (Lipinski definition) is 4. The van der Waals surface area contributed by atoms with Crippen molar-refractivity contribution in [2.75, 3.05) is 33.9 Å². The fourth-order valence-electron chi connectivity index (χ4n) is 3.14. The number of guanidine groups is 1. The lowest BCUT2D eigenvalue weighted by Crippen LogP contribution is -2.37. The minimum atomic E-state index is 0. The summed E-state index contributed by atoms with van der Waals surface area (Å²) < 4.78 is 16.2. The van der Waals surface area contributed by atoms with Gasteiger partial charge in [-0.05, 0) is 55.5 Å². The van der Waals surface area contributed by atoms with Crippen LogP contribution in [0.5, 0.6) is 11.5 Å². The molecule has 172 valence electrons. The van der Waals surface area contributed by atoms with Gasteiger partial charge in [0.1, 0.15) is 0 Å². The minimum absolute atomic E-state index is 0. The molecule has 0 atom stereocenters. The van der Waals surface area contributed by atoms with Crippen molar-refractivity contribution in [3.8, 4) is 11.5 Å². The zero-order chi connectivity index (χ0) is 21.6. The van der Waals surface area contributed by atoms with Crippen molar-refractivity contribution in [2.24, 2.45) is 4.99 Å². The predicted molar refractivity (Wildman–Crippen MR) is 138 cm³/mol. The van der Waals surface area contributed by atoms with Crippen molar-refractivity contribution in [1.82, 2.24) is 10.6 Å². The lowest BCUT2D eigenvalue weighted by molar-refractivity contribution is 0.185. The molecule has 0 aliphatic carbocycles. The van der Waals surface area contributed by atoms with Crippen LogP contribution in [0, 0.1) is 0 Å². The maximum atomic E-state index is 5.67. The molecule has 0 aliphatic rings. The first kappa shape index (κ1) is 27.0. The van der Waals surface area contributed by atoms with E-state index in [1.165, 1.54) is 11.1 Å². The number of hydrogen-bond donors (Lipinski definition) is 2. The number of aliphatic imine (C=N–C) groups is 1. The van der Waals surface area contributed by atoms with E-state index in [0.29, 0.717) is 19.8 Å². The Morgan fingerprint density at radius 2 is 1.74 bits per heavy atom. The summed E-state index contributed by atoms with van der Waals surface area (Å²) in [4.78, 5) is 4.71. The van der Waals surface area contributed by atoms with Crippen molar-refractivity contribution in [3.63, 3.8) is 0 Å². The van der Waals surface area contributed by atoms with Gasteiger partial charge in [-0.3, -0.25) is 0 Å². The topological polar surface area (TPSA) is 64.1 Å². The highest BCUT2D eigenvalue weighted by Crippen LogP contribution is 2.28. The molecule has 0 fully saturated rings. The molecule has 0 bridgehead atoms. The Morgan fingerprint density at radius 1 is 0.935 bits per heavy atom. The van der Waals surface area contributed by atoms with Gasteiger partial charge >= 0.3 is 0 Å². The summed E-state index contributed by atoms with van der Waals surface area (Å²) in [5.74, 6) is 2.41. The van der Waals surface area contributed by atoms with E-state index in [9.17, 15) is 0 Å². The second kappa shape index (κ2) is 15.8. The van der Waals surface area contributed by atoms with Gasteiger partial charge < -0.3 is 24.8 Å². The van der Waals surface area contributed by atoms with Gasteiger partial charge in [0.05, 0.1) is 26.9 Å². The molecule has 6 nitrogen and oxygen atoms in total. The molecule has 0 spiro atoms. The Hall–Kier alpha value is -2.00. The summed E-state index contributed by atoms with van der Waals surface area (Å²) in [6.07, 6.45) is 1.95. The third-order valence-corrected chi connectivity index (χ3v) is 4.53. The summed E-state index contributed by atoms with van der Waals surface area (Å²) >= 11 is 0. The van der Waals surface area contributed by atoms with Crippen LogP contribution in [-0.4, -0.2) is 39.9 Å². The highest BCUT2D eigenvalue weighted by Gasteiger charge is 2.05. The minimum Gasteiger partial charge on any atom is -0.493 e. The van der Waals surface area contributed by atoms with Gasteiger partial charge in [0, 0.05) is 20.2 Å². The Kier molecular flexibility index (Phi) is 13.7. The molecule has 0 amide bonds. The zero-order valence-electron chi connectivity index (χ0n) is 19.1. The quantitative estimate of drug-likeness (QED) is 0.179. The van der Waals surface area contributed by atoms with E-state index in [4.69, 9.17) is 19.2 Å². The summed E-state index contributed by atoms with van der Waals surface area (Å²) in [6.45, 7) is 7.58. The lowest BCUT2D eigenvalue weighted by atomic mass is 10.1. The van der Waals surface area contributed by atoms with Gasteiger partial charge in [-0.1, -0.05) is 30.3 Å². The number of aryl methyl sites for hydroxylation is 1. The molecule has 0 unspecified atom stereocenters. The standard InChI is InChI=1S/C24H35N3O3.HI/c1-5-25-24(27-17-20-9-7-10-21(15-20)18-28-3)26-14-8-11-19-12-13-22(29-4)23(16-19)30-6-2;/h7,9-10,12-13,15-16H,5-6,8,11,14,17-18H2,1-4H3,(H2,25,26,27);1H. The number of ether oxygens (including phenoxy) is 3. The molecule has 0 aliphatic heterocycles. The summed E-state index contributed by atoms with van der Waals surface area (Å²) in [5, 5.41) is 6.73. The number of nitrogens with one attached hydrogen (secondary N) is 2. The molecular formula is C24H36IN3O3. The van der Waals surface area contributed by atoms with Crippen molar-refractivity contribution < 1.29 is 14.2 Å². The molecule has 0 radical (unpaired) electrons. The highest BCUT2D eigenvalue weighted by atomic mass is 127. The average molecular weight is 541 g/mol. The molecule has 0 saturated carbocycles. The van der Waals surface area contributed by atoms with E-state index in [-0.39, 0.29) is 24.0 Å². The second-order valence-corrected chi connectivity index (χ2v) is 6.90. The van der Waals surface area contributed by atoms with Crippen molar-refractivity contribution in [1.29, 1.82) is 0 Å². The SMILES string of the molecule is CCNC(=NCc1cccc(COC)c1)NCCCc1ccc(OC)c(OCC)c1.I. The normalized spacial score (nSPS) is 10.9. The van der Waals surface area contributed by atoms with Gasteiger partial charge in [0.2, 0.25) is 0 Å². The third-order valence-electron chi connectivity index (χ3n) is 4.53. The summed E-state index contributed by atoms with van der Waals surface area (Å²) in [6, 6.07) is 14.5. The first-order valence-electron chi connectivity index (χ1n) is 10.6. The van der Waals surface area contributed by atoms with E-state index in [1.807, 2.05) is 19.1 Å². The predicted octanol–water partition coefficient (Wildman–Crippen LogP) is 4.55. The molecule has 2 rings (SSSR count). The van der Waals surface area contributed by atoms with Crippen LogP contribution in [0.15, 0.2) is 47.5 Å². The Labute approximate surface area is 203 Å². The van der Waals surface area contributed by atoms with Gasteiger partial charge in [-0.25, -0.2) is 4.99 Å². The first-order valence-corrected chi connectivity index (χ1v) is 10.6. The van der Waals surface area contributed by atoms with Crippen LogP contribution >= 0.6 is 24.0 Å². The fraction of sp³-hybridized carbons (Fsp3) is 0.458. The van der Waals surface area contributed by atoms with E-state index in [1.54, 1.807) is 14.2 Å². The maximum Gasteiger partial charge on any atom is 0.191 e. The van der Waals surface area contributed by atoms with E-state index in [0.717, 1.165) is 49.0 Å². The first-order chi connectivity index (χ1) is 14.7. The molecule has 2 aromatic carbocycles. The molecular weight excluding hydrogens is 505 g/mol. The van der Waals surface area contributed by atoms with E-state index in [2.05, 4.69) is 47.9 Å². The highest BCUT2D eigenvalue weighted by molar-refractivity contribution is 14.0. The smallest absolute Gasteiger partial charge is 0.191 e. The van der Waals surface area contributed by atoms with Crippen LogP contribution in [0.1, 0.15) is 37.0 Å². The van der Waals surface area contributed by atoms with Crippen LogP contribution in [0.25, 0.3) is 0 Å². The van der Waals surface area contributed by atoms with E-state index >= 15 is 0 Å². The fourth-order valence-corrected chi connectivity index (χ4v) is 3.14. The van der Waals surface area contributed by atoms with Crippen molar-refractivity contribution >= 4 is 29.9 Å². The lowest BCUT2D eigenvalue weighted by Gasteiger charge is -2.13. The molecule has 0 aromatic heterocycles. The Morgan fingerprint density at radius 3 is 2.45 bits per heavy atom. The Bertz CT molecular complexity index is 799. The maximum absolute atomic E-state index is 5.67. The number of nitrogens with zero attached hydrogens (tertiary/aromatic N) is 1. The molecule has 0 heterocycles. The molecule has 2 aromatic rings. The van der Waals surface area contributed by atoms with Gasteiger partial charge in [0.15, 0.2) is 17.5 Å². The van der Waals surface area contributed by atoms with Crippen LogP contribution in [0.2, 0.25) is 0 Å². The van der Waals surface area contributed by atoms with Crippen LogP contribution < -0.4 is 20.1 Å².